The molecular weight excluding hydrogens is 222 g/mol. The Morgan fingerprint density at radius 3 is 2.72 bits per heavy atom. The monoisotopic (exact) mass is 245 g/mol. The summed E-state index contributed by atoms with van der Waals surface area (Å²) < 4.78 is 2.15. The molecule has 0 saturated carbocycles. The number of imidazole rings is 1. The van der Waals surface area contributed by atoms with Crippen molar-refractivity contribution in [3.8, 4) is 11.3 Å². The Labute approximate surface area is 110 Å². The summed E-state index contributed by atoms with van der Waals surface area (Å²) >= 11 is 0. The SMILES string of the molecule is CC.CCCCCn1cnc(-c2cccnc2)c1. The highest BCUT2D eigenvalue weighted by Gasteiger charge is 2.01. The summed E-state index contributed by atoms with van der Waals surface area (Å²) in [4.78, 5) is 8.48. The van der Waals surface area contributed by atoms with Gasteiger partial charge in [-0.2, -0.15) is 0 Å². The second-order valence-corrected chi connectivity index (χ2v) is 3.95. The van der Waals surface area contributed by atoms with E-state index in [1.807, 2.05) is 38.5 Å². The van der Waals surface area contributed by atoms with E-state index in [0.29, 0.717) is 0 Å². The fourth-order valence-corrected chi connectivity index (χ4v) is 1.69. The van der Waals surface area contributed by atoms with Gasteiger partial charge in [0.1, 0.15) is 0 Å². The zero-order chi connectivity index (χ0) is 13.2. The van der Waals surface area contributed by atoms with Crippen molar-refractivity contribution < 1.29 is 0 Å². The number of hydrogen-bond acceptors (Lipinski definition) is 2. The molecule has 3 heteroatoms. The molecular formula is C15H23N3. The molecule has 0 aromatic carbocycles. The van der Waals surface area contributed by atoms with Crippen LogP contribution >= 0.6 is 0 Å². The lowest BCUT2D eigenvalue weighted by atomic mass is 10.2. The third-order valence-electron chi connectivity index (χ3n) is 2.61. The first-order valence-electron chi connectivity index (χ1n) is 6.82. The van der Waals surface area contributed by atoms with E-state index in [0.717, 1.165) is 17.8 Å². The van der Waals surface area contributed by atoms with Crippen LogP contribution in [0, 0.1) is 0 Å². The molecule has 98 valence electrons. The van der Waals surface area contributed by atoms with Crippen molar-refractivity contribution in [1.29, 1.82) is 0 Å². The second kappa shape index (κ2) is 8.45. The van der Waals surface area contributed by atoms with Gasteiger partial charge in [-0.3, -0.25) is 4.98 Å². The van der Waals surface area contributed by atoms with Crippen molar-refractivity contribution >= 4 is 0 Å². The Kier molecular flexibility index (Phi) is 6.77. The lowest BCUT2D eigenvalue weighted by Gasteiger charge is -1.99. The van der Waals surface area contributed by atoms with E-state index in [1.54, 1.807) is 6.20 Å². The Morgan fingerprint density at radius 2 is 2.06 bits per heavy atom. The lowest BCUT2D eigenvalue weighted by molar-refractivity contribution is 0.602. The predicted molar refractivity (Wildman–Crippen MR) is 76.3 cm³/mol. The van der Waals surface area contributed by atoms with Gasteiger partial charge in [0.05, 0.1) is 12.0 Å². The number of rotatable bonds is 5. The summed E-state index contributed by atoms with van der Waals surface area (Å²) in [6, 6.07) is 3.97. The Bertz CT molecular complexity index is 420. The first kappa shape index (κ1) is 14.4. The number of unbranched alkanes of at least 4 members (excludes halogenated alkanes) is 2. The van der Waals surface area contributed by atoms with Crippen LogP contribution in [-0.2, 0) is 6.54 Å². The quantitative estimate of drug-likeness (QED) is 0.740. The highest BCUT2D eigenvalue weighted by Crippen LogP contribution is 2.15. The fourth-order valence-electron chi connectivity index (χ4n) is 1.69. The first-order valence-corrected chi connectivity index (χ1v) is 6.82. The predicted octanol–water partition coefficient (Wildman–Crippen LogP) is 4.16. The van der Waals surface area contributed by atoms with Crippen molar-refractivity contribution in [2.45, 2.75) is 46.6 Å². The molecule has 0 amide bonds. The van der Waals surface area contributed by atoms with E-state index in [1.165, 1.54) is 19.3 Å². The molecule has 2 aromatic rings. The van der Waals surface area contributed by atoms with Gasteiger partial charge in [-0.05, 0) is 18.6 Å². The zero-order valence-corrected chi connectivity index (χ0v) is 11.6. The van der Waals surface area contributed by atoms with Gasteiger partial charge in [-0.15, -0.1) is 0 Å². The number of aryl methyl sites for hydroxylation is 1. The summed E-state index contributed by atoms with van der Waals surface area (Å²) in [6.07, 6.45) is 11.4. The topological polar surface area (TPSA) is 30.7 Å². The normalized spacial score (nSPS) is 9.72. The maximum absolute atomic E-state index is 4.39. The first-order chi connectivity index (χ1) is 8.90. The second-order valence-electron chi connectivity index (χ2n) is 3.95. The van der Waals surface area contributed by atoms with Crippen molar-refractivity contribution in [2.75, 3.05) is 0 Å². The molecule has 2 rings (SSSR count). The van der Waals surface area contributed by atoms with Crippen LogP contribution in [0.2, 0.25) is 0 Å². The maximum Gasteiger partial charge on any atom is 0.0953 e. The molecule has 0 N–H and O–H groups in total. The minimum atomic E-state index is 1.00. The Balaban J connectivity index is 0.000000771. The van der Waals surface area contributed by atoms with E-state index in [4.69, 9.17) is 0 Å². The Morgan fingerprint density at radius 1 is 1.22 bits per heavy atom. The average molecular weight is 245 g/mol. The van der Waals surface area contributed by atoms with Crippen LogP contribution in [0.1, 0.15) is 40.0 Å². The molecule has 0 unspecified atom stereocenters. The van der Waals surface area contributed by atoms with Gasteiger partial charge in [0.25, 0.3) is 0 Å². The van der Waals surface area contributed by atoms with Gasteiger partial charge in [0, 0.05) is 30.7 Å². The van der Waals surface area contributed by atoms with Crippen molar-refractivity contribution in [1.82, 2.24) is 14.5 Å². The van der Waals surface area contributed by atoms with Gasteiger partial charge in [-0.1, -0.05) is 33.6 Å². The molecule has 0 aliphatic rings. The molecule has 0 aliphatic heterocycles. The Hall–Kier alpha value is -1.64. The average Bonchev–Trinajstić information content (AvgIpc) is 2.91. The molecule has 0 saturated heterocycles. The van der Waals surface area contributed by atoms with Crippen molar-refractivity contribution in [2.24, 2.45) is 0 Å². The summed E-state index contributed by atoms with van der Waals surface area (Å²) in [7, 11) is 0. The maximum atomic E-state index is 4.39. The summed E-state index contributed by atoms with van der Waals surface area (Å²) in [5.74, 6) is 0. The minimum absolute atomic E-state index is 1.00. The lowest BCUT2D eigenvalue weighted by Crippen LogP contribution is -1.93. The van der Waals surface area contributed by atoms with Crippen LogP contribution in [0.4, 0.5) is 0 Å². The number of nitrogens with zero attached hydrogens (tertiary/aromatic N) is 3. The molecule has 0 aliphatic carbocycles. The zero-order valence-electron chi connectivity index (χ0n) is 11.6. The molecule has 18 heavy (non-hydrogen) atoms. The third kappa shape index (κ3) is 4.32. The van der Waals surface area contributed by atoms with E-state index in [2.05, 4.69) is 27.7 Å². The van der Waals surface area contributed by atoms with Crippen LogP contribution < -0.4 is 0 Å². The fraction of sp³-hybridized carbons (Fsp3) is 0.467. The highest BCUT2D eigenvalue weighted by atomic mass is 15.0. The van der Waals surface area contributed by atoms with Crippen LogP contribution in [0.15, 0.2) is 37.1 Å². The van der Waals surface area contributed by atoms with Gasteiger partial charge in [0.2, 0.25) is 0 Å². The smallest absolute Gasteiger partial charge is 0.0953 e. The van der Waals surface area contributed by atoms with Gasteiger partial charge in [-0.25, -0.2) is 4.98 Å². The van der Waals surface area contributed by atoms with Crippen molar-refractivity contribution in [3.05, 3.63) is 37.1 Å². The van der Waals surface area contributed by atoms with Crippen LogP contribution in [0.5, 0.6) is 0 Å². The molecule has 3 nitrogen and oxygen atoms in total. The summed E-state index contributed by atoms with van der Waals surface area (Å²) in [5.41, 5.74) is 2.08. The van der Waals surface area contributed by atoms with Gasteiger partial charge < -0.3 is 4.57 Å². The summed E-state index contributed by atoms with van der Waals surface area (Å²) in [6.45, 7) is 7.27. The molecule has 0 atom stereocenters. The molecule has 0 spiro atoms. The van der Waals surface area contributed by atoms with Crippen LogP contribution in [0.3, 0.4) is 0 Å². The third-order valence-corrected chi connectivity index (χ3v) is 2.61. The van der Waals surface area contributed by atoms with Gasteiger partial charge >= 0.3 is 0 Å². The van der Waals surface area contributed by atoms with E-state index in [9.17, 15) is 0 Å². The van der Waals surface area contributed by atoms with Crippen LogP contribution in [-0.4, -0.2) is 14.5 Å². The molecule has 0 bridgehead atoms. The number of hydrogen-bond donors (Lipinski definition) is 0. The van der Waals surface area contributed by atoms with Crippen molar-refractivity contribution in [3.63, 3.8) is 0 Å². The van der Waals surface area contributed by atoms with E-state index >= 15 is 0 Å². The molecule has 0 fully saturated rings. The minimum Gasteiger partial charge on any atom is -0.337 e. The van der Waals surface area contributed by atoms with Crippen LogP contribution in [0.25, 0.3) is 11.3 Å². The largest absolute Gasteiger partial charge is 0.337 e. The standard InChI is InChI=1S/C13H17N3.C2H6/c1-2-3-4-8-16-10-13(15-11-16)12-6-5-7-14-9-12;1-2/h5-7,9-11H,2-4,8H2,1H3;1-2H3. The molecule has 2 heterocycles. The van der Waals surface area contributed by atoms with E-state index < -0.39 is 0 Å². The summed E-state index contributed by atoms with van der Waals surface area (Å²) in [5, 5.41) is 0. The highest BCUT2D eigenvalue weighted by molar-refractivity contribution is 5.56. The van der Waals surface area contributed by atoms with E-state index in [-0.39, 0.29) is 0 Å². The number of aromatic nitrogens is 3. The van der Waals surface area contributed by atoms with Gasteiger partial charge in [0.15, 0.2) is 0 Å². The molecule has 0 radical (unpaired) electrons. The number of pyridine rings is 1. The molecule has 2 aromatic heterocycles.